The first-order valence-corrected chi connectivity index (χ1v) is 5.55. The maximum Gasteiger partial charge on any atom is 0.147 e. The highest BCUT2D eigenvalue weighted by Gasteiger charge is 2.30. The van der Waals surface area contributed by atoms with E-state index in [1.54, 1.807) is 0 Å². The number of likely N-dealkylation sites (N-methyl/N-ethyl adjacent to an activating group) is 1. The van der Waals surface area contributed by atoms with Crippen molar-refractivity contribution in [2.45, 2.75) is 45.1 Å². The number of nitrogens with zero attached hydrogens (tertiary/aromatic N) is 1. The fourth-order valence-corrected chi connectivity index (χ4v) is 1.87. The van der Waals surface area contributed by atoms with Crippen molar-refractivity contribution in [3.63, 3.8) is 0 Å². The normalized spacial score (nSPS) is 22.3. The van der Waals surface area contributed by atoms with Gasteiger partial charge in [-0.3, -0.25) is 9.69 Å². The van der Waals surface area contributed by atoms with Crippen LogP contribution in [0.3, 0.4) is 0 Å². The Labute approximate surface area is 80.3 Å². The van der Waals surface area contributed by atoms with E-state index in [4.69, 9.17) is 0 Å². The second-order valence-electron chi connectivity index (χ2n) is 4.48. The maximum atomic E-state index is 11.6. The Bertz CT molecular complexity index is 194. The number of ketones is 1. The third-order valence-electron chi connectivity index (χ3n) is 3.06. The molecule has 2 saturated carbocycles. The van der Waals surface area contributed by atoms with E-state index in [1.165, 1.54) is 25.7 Å². The molecule has 0 aromatic heterocycles. The highest BCUT2D eigenvalue weighted by atomic mass is 16.1. The molecule has 0 aromatic carbocycles. The van der Waals surface area contributed by atoms with Crippen LogP contribution in [-0.2, 0) is 4.79 Å². The monoisotopic (exact) mass is 181 g/mol. The molecule has 0 radical (unpaired) electrons. The van der Waals surface area contributed by atoms with Crippen LogP contribution in [0.1, 0.15) is 39.0 Å². The molecule has 0 aromatic rings. The van der Waals surface area contributed by atoms with E-state index in [2.05, 4.69) is 11.8 Å². The molecule has 74 valence electrons. The van der Waals surface area contributed by atoms with Gasteiger partial charge in [-0.25, -0.2) is 0 Å². The van der Waals surface area contributed by atoms with Crippen LogP contribution in [-0.4, -0.2) is 29.8 Å². The predicted molar refractivity (Wildman–Crippen MR) is 52.6 cm³/mol. The molecule has 0 heterocycles. The fourth-order valence-electron chi connectivity index (χ4n) is 1.87. The molecule has 0 unspecified atom stereocenters. The molecule has 0 bridgehead atoms. The van der Waals surface area contributed by atoms with Gasteiger partial charge in [0.15, 0.2) is 0 Å². The molecule has 2 rings (SSSR count). The number of hydrogen-bond donors (Lipinski definition) is 0. The van der Waals surface area contributed by atoms with Crippen molar-refractivity contribution in [2.75, 3.05) is 13.1 Å². The van der Waals surface area contributed by atoms with Gasteiger partial charge >= 0.3 is 0 Å². The van der Waals surface area contributed by atoms with Crippen LogP contribution in [0.4, 0.5) is 0 Å². The van der Waals surface area contributed by atoms with Crippen LogP contribution in [0.15, 0.2) is 0 Å². The zero-order valence-electron chi connectivity index (χ0n) is 8.46. The molecule has 13 heavy (non-hydrogen) atoms. The van der Waals surface area contributed by atoms with Gasteiger partial charge in [-0.15, -0.1) is 0 Å². The van der Waals surface area contributed by atoms with Crippen molar-refractivity contribution in [3.05, 3.63) is 0 Å². The third-order valence-corrected chi connectivity index (χ3v) is 3.06. The highest BCUT2D eigenvalue weighted by molar-refractivity contribution is 5.81. The zero-order valence-corrected chi connectivity index (χ0v) is 8.46. The number of carbonyl (C=O) groups is 1. The van der Waals surface area contributed by atoms with Crippen molar-refractivity contribution in [3.8, 4) is 0 Å². The van der Waals surface area contributed by atoms with E-state index in [9.17, 15) is 4.79 Å². The van der Waals surface area contributed by atoms with E-state index in [1.807, 2.05) is 0 Å². The van der Waals surface area contributed by atoms with Gasteiger partial charge in [0.25, 0.3) is 0 Å². The summed E-state index contributed by atoms with van der Waals surface area (Å²) in [5.74, 6) is 1.22. The summed E-state index contributed by atoms with van der Waals surface area (Å²) in [6.07, 6.45) is 6.06. The summed E-state index contributed by atoms with van der Waals surface area (Å²) in [6.45, 7) is 3.92. The maximum absolute atomic E-state index is 11.6. The second-order valence-corrected chi connectivity index (χ2v) is 4.48. The third kappa shape index (κ3) is 2.80. The molecule has 0 saturated heterocycles. The zero-order chi connectivity index (χ0) is 9.26. The van der Waals surface area contributed by atoms with Crippen LogP contribution >= 0.6 is 0 Å². The lowest BCUT2D eigenvalue weighted by Gasteiger charge is -2.18. The molecule has 2 heteroatoms. The van der Waals surface area contributed by atoms with Gasteiger partial charge in [0, 0.05) is 12.5 Å². The Morgan fingerprint density at radius 2 is 2.00 bits per heavy atom. The Kier molecular flexibility index (Phi) is 2.68. The molecule has 0 atom stereocenters. The Balaban J connectivity index is 1.70. The second kappa shape index (κ2) is 3.79. The average Bonchev–Trinajstić information content (AvgIpc) is 2.91. The Morgan fingerprint density at radius 3 is 2.46 bits per heavy atom. The molecule has 2 aliphatic carbocycles. The minimum absolute atomic E-state index is 0.469. The minimum Gasteiger partial charge on any atom is -0.298 e. The summed E-state index contributed by atoms with van der Waals surface area (Å²) < 4.78 is 0. The molecule has 2 aliphatic rings. The van der Waals surface area contributed by atoms with Crippen LogP contribution in [0, 0.1) is 5.92 Å². The van der Waals surface area contributed by atoms with Gasteiger partial charge < -0.3 is 0 Å². The Hall–Kier alpha value is -0.370. The first-order valence-electron chi connectivity index (χ1n) is 5.55. The SMILES string of the molecule is CCN(CC(=O)CC1CC1)C1CC1. The summed E-state index contributed by atoms with van der Waals surface area (Å²) in [4.78, 5) is 13.9. The number of Topliss-reactive ketones (excluding diaryl/α,β-unsaturated/α-hetero) is 1. The summed E-state index contributed by atoms with van der Waals surface area (Å²) in [6, 6.07) is 0.744. The molecular formula is C11H19NO. The Morgan fingerprint density at radius 1 is 1.31 bits per heavy atom. The average molecular weight is 181 g/mol. The number of rotatable bonds is 6. The van der Waals surface area contributed by atoms with Crippen LogP contribution in [0.2, 0.25) is 0 Å². The summed E-state index contributed by atoms with van der Waals surface area (Å²) in [5, 5.41) is 0. The van der Waals surface area contributed by atoms with Crippen molar-refractivity contribution >= 4 is 5.78 Å². The van der Waals surface area contributed by atoms with Gasteiger partial charge in [0.2, 0.25) is 0 Å². The van der Waals surface area contributed by atoms with Gasteiger partial charge in [-0.05, 0) is 38.1 Å². The molecule has 2 nitrogen and oxygen atoms in total. The standard InChI is InChI=1S/C11H19NO/c1-2-12(10-5-6-10)8-11(13)7-9-3-4-9/h9-10H,2-8H2,1H3. The molecule has 0 spiro atoms. The van der Waals surface area contributed by atoms with Crippen LogP contribution < -0.4 is 0 Å². The molecule has 2 fully saturated rings. The van der Waals surface area contributed by atoms with Crippen LogP contribution in [0.5, 0.6) is 0 Å². The lowest BCUT2D eigenvalue weighted by atomic mass is 10.2. The topological polar surface area (TPSA) is 20.3 Å². The summed E-state index contributed by atoms with van der Waals surface area (Å²) in [5.41, 5.74) is 0. The van der Waals surface area contributed by atoms with Crippen LogP contribution in [0.25, 0.3) is 0 Å². The van der Waals surface area contributed by atoms with E-state index >= 15 is 0 Å². The number of hydrogen-bond acceptors (Lipinski definition) is 2. The lowest BCUT2D eigenvalue weighted by Crippen LogP contribution is -2.31. The summed E-state index contributed by atoms with van der Waals surface area (Å²) in [7, 11) is 0. The van der Waals surface area contributed by atoms with Gasteiger partial charge in [0.05, 0.1) is 6.54 Å². The van der Waals surface area contributed by atoms with Crippen molar-refractivity contribution in [1.82, 2.24) is 4.90 Å². The van der Waals surface area contributed by atoms with Crippen molar-refractivity contribution < 1.29 is 4.79 Å². The van der Waals surface area contributed by atoms with Gasteiger partial charge in [-0.1, -0.05) is 6.92 Å². The predicted octanol–water partition coefficient (Wildman–Crippen LogP) is 1.84. The van der Waals surface area contributed by atoms with E-state index in [0.29, 0.717) is 5.78 Å². The smallest absolute Gasteiger partial charge is 0.147 e. The van der Waals surface area contributed by atoms with E-state index in [0.717, 1.165) is 31.5 Å². The van der Waals surface area contributed by atoms with Crippen molar-refractivity contribution in [2.24, 2.45) is 5.92 Å². The molecule has 0 aliphatic heterocycles. The highest BCUT2D eigenvalue weighted by Crippen LogP contribution is 2.33. The lowest BCUT2D eigenvalue weighted by molar-refractivity contribution is -0.120. The van der Waals surface area contributed by atoms with E-state index in [-0.39, 0.29) is 0 Å². The first kappa shape index (κ1) is 9.20. The first-order chi connectivity index (χ1) is 6.29. The minimum atomic E-state index is 0.469. The van der Waals surface area contributed by atoms with E-state index < -0.39 is 0 Å². The van der Waals surface area contributed by atoms with Gasteiger partial charge in [0.1, 0.15) is 5.78 Å². The largest absolute Gasteiger partial charge is 0.298 e. The molecule has 0 amide bonds. The molecular weight excluding hydrogens is 162 g/mol. The summed E-state index contributed by atoms with van der Waals surface area (Å²) >= 11 is 0. The van der Waals surface area contributed by atoms with Gasteiger partial charge in [-0.2, -0.15) is 0 Å². The fraction of sp³-hybridized carbons (Fsp3) is 0.909. The molecule has 0 N–H and O–H groups in total. The quantitative estimate of drug-likeness (QED) is 0.623. The van der Waals surface area contributed by atoms with Crippen molar-refractivity contribution in [1.29, 1.82) is 0 Å². The number of carbonyl (C=O) groups excluding carboxylic acids is 1.